The van der Waals surface area contributed by atoms with Crippen LogP contribution < -0.4 is 10.6 Å². The fraction of sp³-hybridized carbons (Fsp3) is 0.500. The summed E-state index contributed by atoms with van der Waals surface area (Å²) in [6, 6.07) is 4.20. The number of anilines is 1. The van der Waals surface area contributed by atoms with Crippen molar-refractivity contribution in [1.82, 2.24) is 5.32 Å². The lowest BCUT2D eigenvalue weighted by molar-refractivity contribution is -0.116. The van der Waals surface area contributed by atoms with Crippen LogP contribution in [-0.4, -0.2) is 19.0 Å². The van der Waals surface area contributed by atoms with Gasteiger partial charge in [-0.15, -0.1) is 12.4 Å². The van der Waals surface area contributed by atoms with Gasteiger partial charge in [-0.1, -0.05) is 11.6 Å². The maximum absolute atomic E-state index is 13.0. The molecule has 1 heterocycles. The number of hydrogen-bond donors (Lipinski definition) is 2. The highest BCUT2D eigenvalue weighted by Gasteiger charge is 2.14. The number of carbonyl (C=O) groups excluding carboxylic acids is 1. The van der Waals surface area contributed by atoms with Gasteiger partial charge in [-0.05, 0) is 56.5 Å². The van der Waals surface area contributed by atoms with Gasteiger partial charge in [0.2, 0.25) is 5.91 Å². The number of rotatable bonds is 4. The van der Waals surface area contributed by atoms with Crippen molar-refractivity contribution in [3.63, 3.8) is 0 Å². The molecular weight excluding hydrogens is 302 g/mol. The van der Waals surface area contributed by atoms with E-state index in [4.69, 9.17) is 11.6 Å². The molecule has 3 nitrogen and oxygen atoms in total. The molecule has 0 bridgehead atoms. The summed E-state index contributed by atoms with van der Waals surface area (Å²) >= 11 is 5.66. The number of piperidine rings is 1. The van der Waals surface area contributed by atoms with E-state index in [1.807, 2.05) is 0 Å². The summed E-state index contributed by atoms with van der Waals surface area (Å²) in [6.45, 7) is 2.08. The van der Waals surface area contributed by atoms with Gasteiger partial charge >= 0.3 is 0 Å². The average molecular weight is 321 g/mol. The summed E-state index contributed by atoms with van der Waals surface area (Å²) in [5.74, 6) is 0.111. The Morgan fingerprint density at radius 3 is 2.75 bits per heavy atom. The molecule has 0 aromatic heterocycles. The van der Waals surface area contributed by atoms with Crippen LogP contribution in [0.1, 0.15) is 25.7 Å². The standard InChI is InChI=1S/C14H18ClFN2O.ClH/c15-12-9-11(2-3-13(12)16)18-14(19)4-1-10-5-7-17-8-6-10;/h2-3,9-10,17H,1,4-8H2,(H,18,19);1H. The number of hydrogen-bond acceptors (Lipinski definition) is 2. The fourth-order valence-electron chi connectivity index (χ4n) is 2.30. The Morgan fingerprint density at radius 1 is 1.40 bits per heavy atom. The second-order valence-electron chi connectivity index (χ2n) is 4.91. The van der Waals surface area contributed by atoms with Crippen LogP contribution in [-0.2, 0) is 4.79 Å². The zero-order valence-corrected chi connectivity index (χ0v) is 12.7. The Balaban J connectivity index is 0.00000200. The summed E-state index contributed by atoms with van der Waals surface area (Å²) in [4.78, 5) is 11.8. The topological polar surface area (TPSA) is 41.1 Å². The number of nitrogens with one attached hydrogen (secondary N) is 2. The minimum absolute atomic E-state index is 0. The third-order valence-corrected chi connectivity index (χ3v) is 3.73. The second kappa shape index (κ2) is 8.45. The molecule has 0 atom stereocenters. The van der Waals surface area contributed by atoms with Gasteiger partial charge in [-0.2, -0.15) is 0 Å². The maximum Gasteiger partial charge on any atom is 0.224 e. The largest absolute Gasteiger partial charge is 0.326 e. The van der Waals surface area contributed by atoms with Crippen LogP contribution >= 0.6 is 24.0 Å². The molecule has 2 rings (SSSR count). The fourth-order valence-corrected chi connectivity index (χ4v) is 2.48. The molecule has 112 valence electrons. The van der Waals surface area contributed by atoms with E-state index in [9.17, 15) is 9.18 Å². The summed E-state index contributed by atoms with van der Waals surface area (Å²) in [5, 5.41) is 6.07. The summed E-state index contributed by atoms with van der Waals surface area (Å²) in [5.41, 5.74) is 0.543. The molecule has 1 amide bonds. The first kappa shape index (κ1) is 17.2. The van der Waals surface area contributed by atoms with Crippen molar-refractivity contribution in [3.8, 4) is 0 Å². The number of benzene rings is 1. The van der Waals surface area contributed by atoms with Crippen LogP contribution in [0.25, 0.3) is 0 Å². The quantitative estimate of drug-likeness (QED) is 0.889. The first-order chi connectivity index (χ1) is 9.15. The summed E-state index contributed by atoms with van der Waals surface area (Å²) in [6.07, 6.45) is 3.67. The van der Waals surface area contributed by atoms with Crippen molar-refractivity contribution >= 4 is 35.6 Å². The number of carbonyl (C=O) groups is 1. The smallest absolute Gasteiger partial charge is 0.224 e. The van der Waals surface area contributed by atoms with Crippen molar-refractivity contribution in [2.75, 3.05) is 18.4 Å². The summed E-state index contributed by atoms with van der Waals surface area (Å²) in [7, 11) is 0. The molecule has 0 spiro atoms. The van der Waals surface area contributed by atoms with E-state index in [0.29, 0.717) is 18.0 Å². The highest BCUT2D eigenvalue weighted by molar-refractivity contribution is 6.31. The van der Waals surface area contributed by atoms with E-state index in [0.717, 1.165) is 32.4 Å². The monoisotopic (exact) mass is 320 g/mol. The van der Waals surface area contributed by atoms with Gasteiger partial charge in [0.15, 0.2) is 0 Å². The minimum atomic E-state index is -0.477. The van der Waals surface area contributed by atoms with Crippen LogP contribution in [0.15, 0.2) is 18.2 Å². The van der Waals surface area contributed by atoms with E-state index in [2.05, 4.69) is 10.6 Å². The lowest BCUT2D eigenvalue weighted by Crippen LogP contribution is -2.28. The molecule has 20 heavy (non-hydrogen) atoms. The lowest BCUT2D eigenvalue weighted by atomic mass is 9.93. The van der Waals surface area contributed by atoms with Gasteiger partial charge in [0.1, 0.15) is 5.82 Å². The zero-order chi connectivity index (χ0) is 13.7. The molecule has 1 aromatic carbocycles. The van der Waals surface area contributed by atoms with Crippen molar-refractivity contribution in [2.45, 2.75) is 25.7 Å². The molecule has 1 saturated heterocycles. The molecule has 6 heteroatoms. The summed E-state index contributed by atoms with van der Waals surface area (Å²) < 4.78 is 13.0. The molecule has 1 aliphatic rings. The second-order valence-corrected chi connectivity index (χ2v) is 5.32. The van der Waals surface area contributed by atoms with E-state index < -0.39 is 5.82 Å². The van der Waals surface area contributed by atoms with Gasteiger partial charge in [0.05, 0.1) is 5.02 Å². The first-order valence-corrected chi connectivity index (χ1v) is 6.98. The molecule has 0 unspecified atom stereocenters. The highest BCUT2D eigenvalue weighted by atomic mass is 35.5. The van der Waals surface area contributed by atoms with Crippen LogP contribution in [0.5, 0.6) is 0 Å². The molecule has 1 fully saturated rings. The van der Waals surface area contributed by atoms with E-state index in [1.54, 1.807) is 0 Å². The molecule has 0 radical (unpaired) electrons. The van der Waals surface area contributed by atoms with Crippen LogP contribution in [0.3, 0.4) is 0 Å². The lowest BCUT2D eigenvalue weighted by Gasteiger charge is -2.22. The maximum atomic E-state index is 13.0. The number of halogens is 3. The third-order valence-electron chi connectivity index (χ3n) is 3.44. The van der Waals surface area contributed by atoms with Crippen molar-refractivity contribution in [3.05, 3.63) is 29.0 Å². The Bertz CT molecular complexity index is 451. The van der Waals surface area contributed by atoms with E-state index >= 15 is 0 Å². The Labute approximate surface area is 129 Å². The predicted octanol–water partition coefficient (Wildman–Crippen LogP) is 3.62. The van der Waals surface area contributed by atoms with Gasteiger partial charge in [0.25, 0.3) is 0 Å². The molecule has 0 saturated carbocycles. The van der Waals surface area contributed by atoms with Crippen LogP contribution in [0.2, 0.25) is 5.02 Å². The van der Waals surface area contributed by atoms with Crippen LogP contribution in [0, 0.1) is 11.7 Å². The van der Waals surface area contributed by atoms with Gasteiger partial charge in [-0.25, -0.2) is 4.39 Å². The normalized spacial score (nSPS) is 15.5. The van der Waals surface area contributed by atoms with Crippen molar-refractivity contribution in [1.29, 1.82) is 0 Å². The number of amides is 1. The Kier molecular flexibility index (Phi) is 7.27. The minimum Gasteiger partial charge on any atom is -0.326 e. The van der Waals surface area contributed by atoms with E-state index in [-0.39, 0.29) is 23.3 Å². The first-order valence-electron chi connectivity index (χ1n) is 6.61. The average Bonchev–Trinajstić information content (AvgIpc) is 2.42. The molecule has 0 aliphatic carbocycles. The predicted molar refractivity (Wildman–Crippen MR) is 82.1 cm³/mol. The molecule has 1 aromatic rings. The zero-order valence-electron chi connectivity index (χ0n) is 11.1. The molecular formula is C14H19Cl2FN2O. The third kappa shape index (κ3) is 5.27. The van der Waals surface area contributed by atoms with Gasteiger partial charge < -0.3 is 10.6 Å². The van der Waals surface area contributed by atoms with Crippen LogP contribution in [0.4, 0.5) is 10.1 Å². The van der Waals surface area contributed by atoms with Gasteiger partial charge in [-0.3, -0.25) is 4.79 Å². The van der Waals surface area contributed by atoms with Crippen molar-refractivity contribution in [2.24, 2.45) is 5.92 Å². The van der Waals surface area contributed by atoms with E-state index in [1.165, 1.54) is 18.2 Å². The van der Waals surface area contributed by atoms with Crippen molar-refractivity contribution < 1.29 is 9.18 Å². The Morgan fingerprint density at radius 2 is 2.10 bits per heavy atom. The Hall–Kier alpha value is -0.840. The SMILES string of the molecule is Cl.O=C(CCC1CCNCC1)Nc1ccc(F)c(Cl)c1. The highest BCUT2D eigenvalue weighted by Crippen LogP contribution is 2.21. The molecule has 1 aliphatic heterocycles. The van der Waals surface area contributed by atoms with Gasteiger partial charge in [0, 0.05) is 12.1 Å². The molecule has 2 N–H and O–H groups in total.